The minimum absolute atomic E-state index is 0.0451. The zero-order chi connectivity index (χ0) is 14.4. The summed E-state index contributed by atoms with van der Waals surface area (Å²) < 4.78 is 26.5. The Labute approximate surface area is 113 Å². The van der Waals surface area contributed by atoms with Gasteiger partial charge in [-0.25, -0.2) is 13.1 Å². The van der Waals surface area contributed by atoms with Crippen molar-refractivity contribution in [2.24, 2.45) is 5.41 Å². The molecule has 0 bridgehead atoms. The lowest BCUT2D eigenvalue weighted by Gasteiger charge is -2.27. The van der Waals surface area contributed by atoms with Crippen molar-refractivity contribution < 1.29 is 8.42 Å². The molecule has 0 amide bonds. The van der Waals surface area contributed by atoms with E-state index in [1.54, 1.807) is 0 Å². The van der Waals surface area contributed by atoms with Gasteiger partial charge in [0, 0.05) is 12.1 Å². The third-order valence-electron chi connectivity index (χ3n) is 3.05. The van der Waals surface area contributed by atoms with Crippen molar-refractivity contribution in [2.75, 3.05) is 12.3 Å². The van der Waals surface area contributed by atoms with Gasteiger partial charge in [0.15, 0.2) is 0 Å². The maximum atomic E-state index is 11.9. The average molecular weight is 278 g/mol. The second-order valence-electron chi connectivity index (χ2n) is 6.34. The van der Waals surface area contributed by atoms with E-state index in [9.17, 15) is 8.42 Å². The molecule has 0 aromatic carbocycles. The smallest absolute Gasteiger partial charge is 0.211 e. The second-order valence-corrected chi connectivity index (χ2v) is 8.21. The Hall–Kier alpha value is -0.130. The fourth-order valence-corrected chi connectivity index (χ4v) is 2.91. The minimum Gasteiger partial charge on any atom is -0.315 e. The molecule has 4 nitrogen and oxygen atoms in total. The monoisotopic (exact) mass is 278 g/mol. The van der Waals surface area contributed by atoms with Crippen LogP contribution in [-0.4, -0.2) is 32.8 Å². The molecule has 0 saturated heterocycles. The molecular formula is C13H30N2O2S. The Morgan fingerprint density at radius 1 is 1.06 bits per heavy atom. The number of sulfonamides is 1. The van der Waals surface area contributed by atoms with Crippen molar-refractivity contribution in [3.8, 4) is 0 Å². The molecule has 0 aliphatic heterocycles. The molecule has 0 fully saturated rings. The summed E-state index contributed by atoms with van der Waals surface area (Å²) in [4.78, 5) is 0. The average Bonchev–Trinajstić information content (AvgIpc) is 2.14. The van der Waals surface area contributed by atoms with E-state index < -0.39 is 10.0 Å². The zero-order valence-electron chi connectivity index (χ0n) is 12.7. The molecule has 18 heavy (non-hydrogen) atoms. The summed E-state index contributed by atoms with van der Waals surface area (Å²) in [6, 6.07) is 0.414. The van der Waals surface area contributed by atoms with Gasteiger partial charge < -0.3 is 5.32 Å². The van der Waals surface area contributed by atoms with Crippen molar-refractivity contribution >= 4 is 10.0 Å². The van der Waals surface area contributed by atoms with Gasteiger partial charge in [-0.05, 0) is 31.7 Å². The van der Waals surface area contributed by atoms with Crippen molar-refractivity contribution in [1.29, 1.82) is 0 Å². The van der Waals surface area contributed by atoms with Crippen LogP contribution in [0.4, 0.5) is 0 Å². The van der Waals surface area contributed by atoms with E-state index in [0.29, 0.717) is 12.5 Å². The number of nitrogens with one attached hydrogen (secondary N) is 2. The predicted molar refractivity (Wildman–Crippen MR) is 78.2 cm³/mol. The van der Waals surface area contributed by atoms with E-state index >= 15 is 0 Å². The molecule has 0 aromatic heterocycles. The summed E-state index contributed by atoms with van der Waals surface area (Å²) in [7, 11) is -3.14. The fourth-order valence-electron chi connectivity index (χ4n) is 1.31. The van der Waals surface area contributed by atoms with Crippen molar-refractivity contribution in [1.82, 2.24) is 10.0 Å². The quantitative estimate of drug-likeness (QED) is 0.669. The summed E-state index contributed by atoms with van der Waals surface area (Å²) in [5, 5.41) is 3.28. The highest BCUT2D eigenvalue weighted by atomic mass is 32.2. The van der Waals surface area contributed by atoms with Crippen LogP contribution in [0.3, 0.4) is 0 Å². The summed E-state index contributed by atoms with van der Waals surface area (Å²) in [5.74, 6) is 0.215. The van der Waals surface area contributed by atoms with Gasteiger partial charge in [-0.3, -0.25) is 0 Å². The molecule has 110 valence electrons. The molecule has 2 N–H and O–H groups in total. The first kappa shape index (κ1) is 17.9. The highest BCUT2D eigenvalue weighted by molar-refractivity contribution is 7.89. The summed E-state index contributed by atoms with van der Waals surface area (Å²) >= 11 is 0. The van der Waals surface area contributed by atoms with Crippen molar-refractivity contribution in [2.45, 2.75) is 66.5 Å². The van der Waals surface area contributed by atoms with Gasteiger partial charge in [-0.2, -0.15) is 0 Å². The lowest BCUT2D eigenvalue weighted by Crippen LogP contribution is -2.42. The van der Waals surface area contributed by atoms with Crippen LogP contribution in [0.15, 0.2) is 0 Å². The lowest BCUT2D eigenvalue weighted by molar-refractivity contribution is 0.317. The molecule has 0 saturated carbocycles. The van der Waals surface area contributed by atoms with E-state index in [4.69, 9.17) is 0 Å². The zero-order valence-corrected chi connectivity index (χ0v) is 13.5. The summed E-state index contributed by atoms with van der Waals surface area (Å²) in [6.07, 6.45) is 1.59. The van der Waals surface area contributed by atoms with Gasteiger partial charge >= 0.3 is 0 Å². The van der Waals surface area contributed by atoms with Gasteiger partial charge in [0.25, 0.3) is 0 Å². The first-order valence-corrected chi connectivity index (χ1v) is 8.43. The molecule has 0 aromatic rings. The van der Waals surface area contributed by atoms with Crippen molar-refractivity contribution in [3.63, 3.8) is 0 Å². The van der Waals surface area contributed by atoms with E-state index in [1.807, 2.05) is 27.7 Å². The van der Waals surface area contributed by atoms with E-state index in [-0.39, 0.29) is 17.2 Å². The number of hydrogen-bond acceptors (Lipinski definition) is 3. The van der Waals surface area contributed by atoms with E-state index in [0.717, 1.165) is 13.0 Å². The molecular weight excluding hydrogens is 248 g/mol. The first-order chi connectivity index (χ1) is 8.04. The van der Waals surface area contributed by atoms with Crippen LogP contribution in [0.2, 0.25) is 0 Å². The molecule has 0 rings (SSSR count). The fraction of sp³-hybridized carbons (Fsp3) is 1.00. The topological polar surface area (TPSA) is 58.2 Å². The van der Waals surface area contributed by atoms with E-state index in [1.165, 1.54) is 0 Å². The molecule has 0 aliphatic carbocycles. The van der Waals surface area contributed by atoms with Crippen LogP contribution in [0.5, 0.6) is 0 Å². The number of hydrogen-bond donors (Lipinski definition) is 2. The molecule has 1 unspecified atom stereocenters. The van der Waals surface area contributed by atoms with Crippen LogP contribution in [0.25, 0.3) is 0 Å². The largest absolute Gasteiger partial charge is 0.315 e. The van der Waals surface area contributed by atoms with E-state index in [2.05, 4.69) is 23.9 Å². The van der Waals surface area contributed by atoms with Gasteiger partial charge in [0.05, 0.1) is 5.75 Å². The van der Waals surface area contributed by atoms with Crippen LogP contribution in [0, 0.1) is 5.41 Å². The molecule has 1 atom stereocenters. The van der Waals surface area contributed by atoms with Crippen molar-refractivity contribution in [3.05, 3.63) is 0 Å². The van der Waals surface area contributed by atoms with Gasteiger partial charge in [0.1, 0.15) is 0 Å². The van der Waals surface area contributed by atoms with Crippen LogP contribution in [0.1, 0.15) is 54.4 Å². The lowest BCUT2D eigenvalue weighted by atomic mass is 9.89. The molecule has 0 spiro atoms. The predicted octanol–water partition coefficient (Wildman–Crippen LogP) is 2.12. The molecule has 0 aliphatic rings. The highest BCUT2D eigenvalue weighted by Crippen LogP contribution is 2.19. The summed E-state index contributed by atoms with van der Waals surface area (Å²) in [5.41, 5.74) is -0.0493. The second kappa shape index (κ2) is 7.46. The molecule has 0 heterocycles. The van der Waals surface area contributed by atoms with Crippen LogP contribution in [-0.2, 0) is 10.0 Å². The SMILES string of the molecule is CC(C)NCCCCS(=O)(=O)NC(C)C(C)(C)C. The highest BCUT2D eigenvalue weighted by Gasteiger charge is 2.24. The van der Waals surface area contributed by atoms with Crippen LogP contribution >= 0.6 is 0 Å². The number of unbranched alkanes of at least 4 members (excludes halogenated alkanes) is 1. The standard InChI is InChI=1S/C13H30N2O2S/c1-11(2)14-9-7-8-10-18(16,17)15-12(3)13(4,5)6/h11-12,14-15H,7-10H2,1-6H3. The normalized spacial score (nSPS) is 15.1. The minimum atomic E-state index is -3.14. The maximum absolute atomic E-state index is 11.9. The Balaban J connectivity index is 3.95. The Morgan fingerprint density at radius 3 is 2.06 bits per heavy atom. The van der Waals surface area contributed by atoms with Gasteiger partial charge in [-0.15, -0.1) is 0 Å². The third-order valence-corrected chi connectivity index (χ3v) is 4.59. The Bertz CT molecular complexity index is 318. The third kappa shape index (κ3) is 8.89. The number of rotatable bonds is 8. The van der Waals surface area contributed by atoms with Gasteiger partial charge in [0.2, 0.25) is 10.0 Å². The summed E-state index contributed by atoms with van der Waals surface area (Å²) in [6.45, 7) is 13.1. The van der Waals surface area contributed by atoms with Crippen LogP contribution < -0.4 is 10.0 Å². The maximum Gasteiger partial charge on any atom is 0.211 e. The Morgan fingerprint density at radius 2 is 1.61 bits per heavy atom. The first-order valence-electron chi connectivity index (χ1n) is 6.78. The molecule has 5 heteroatoms. The Kier molecular flexibility index (Phi) is 7.40. The molecule has 0 radical (unpaired) electrons. The van der Waals surface area contributed by atoms with Gasteiger partial charge in [-0.1, -0.05) is 34.6 Å².